The van der Waals surface area contributed by atoms with E-state index in [0.29, 0.717) is 30.2 Å². The molecule has 1 aliphatic heterocycles. The summed E-state index contributed by atoms with van der Waals surface area (Å²) in [5.74, 6) is 0.720. The number of ketones is 1. The number of methoxy groups -OCH3 is 2. The van der Waals surface area contributed by atoms with E-state index in [1.165, 1.54) is 0 Å². The zero-order chi connectivity index (χ0) is 24.0. The number of carbonyl (C=O) groups excluding carboxylic acids is 1. The first-order chi connectivity index (χ1) is 16.4. The van der Waals surface area contributed by atoms with E-state index in [-0.39, 0.29) is 23.2 Å². The van der Waals surface area contributed by atoms with Crippen LogP contribution in [-0.4, -0.2) is 41.3 Å². The molecule has 8 heteroatoms. The van der Waals surface area contributed by atoms with Crippen LogP contribution in [0.4, 0.5) is 5.82 Å². The van der Waals surface area contributed by atoms with Crippen molar-refractivity contribution in [2.45, 2.75) is 31.6 Å². The lowest BCUT2D eigenvalue weighted by atomic mass is 9.72. The van der Waals surface area contributed by atoms with Crippen molar-refractivity contribution in [1.82, 2.24) is 10.2 Å². The summed E-state index contributed by atoms with van der Waals surface area (Å²) in [5, 5.41) is 20.1. The van der Waals surface area contributed by atoms with Gasteiger partial charge in [-0.3, -0.25) is 9.89 Å². The minimum atomic E-state index is -0.983. The predicted molar refractivity (Wildman–Crippen MR) is 126 cm³/mol. The van der Waals surface area contributed by atoms with Crippen molar-refractivity contribution in [2.75, 3.05) is 19.5 Å². The summed E-state index contributed by atoms with van der Waals surface area (Å²) in [6.45, 7) is 1.93. The van der Waals surface area contributed by atoms with Gasteiger partial charge in [0.15, 0.2) is 23.1 Å². The lowest BCUT2D eigenvalue weighted by Crippen LogP contribution is -2.29. The smallest absolute Gasteiger partial charge is 0.335 e. The van der Waals surface area contributed by atoms with E-state index in [4.69, 9.17) is 9.47 Å². The minimum absolute atomic E-state index is 0.0184. The highest BCUT2D eigenvalue weighted by Crippen LogP contribution is 2.48. The number of carboxylic acid groups (broad SMARTS) is 1. The van der Waals surface area contributed by atoms with Gasteiger partial charge in [-0.05, 0) is 54.7 Å². The molecule has 0 bridgehead atoms. The lowest BCUT2D eigenvalue weighted by Gasteiger charge is -2.35. The molecular formula is C26H25N3O5. The van der Waals surface area contributed by atoms with Gasteiger partial charge in [0, 0.05) is 34.9 Å². The van der Waals surface area contributed by atoms with Crippen LogP contribution in [0.2, 0.25) is 0 Å². The number of hydrogen-bond acceptors (Lipinski definition) is 6. The summed E-state index contributed by atoms with van der Waals surface area (Å²) in [5.41, 5.74) is 5.43. The number of benzene rings is 2. The summed E-state index contributed by atoms with van der Waals surface area (Å²) < 4.78 is 10.8. The summed E-state index contributed by atoms with van der Waals surface area (Å²) >= 11 is 0. The molecule has 0 amide bonds. The molecule has 3 aromatic rings. The van der Waals surface area contributed by atoms with Gasteiger partial charge in [-0.2, -0.15) is 5.10 Å². The van der Waals surface area contributed by atoms with Crippen molar-refractivity contribution >= 4 is 17.6 Å². The Morgan fingerprint density at radius 2 is 1.74 bits per heavy atom. The molecule has 2 atom stereocenters. The molecule has 1 aromatic heterocycles. The second kappa shape index (κ2) is 8.37. The maximum atomic E-state index is 13.6. The number of aryl methyl sites for hydroxylation is 1. The number of allylic oxidation sites excluding steroid dienone is 2. The number of fused-ring (bicyclic) bond motifs is 1. The highest BCUT2D eigenvalue weighted by Gasteiger charge is 2.40. The van der Waals surface area contributed by atoms with Gasteiger partial charge in [-0.15, -0.1) is 0 Å². The van der Waals surface area contributed by atoms with Crippen molar-refractivity contribution in [3.8, 4) is 11.5 Å². The molecule has 0 radical (unpaired) electrons. The van der Waals surface area contributed by atoms with E-state index in [1.807, 2.05) is 25.1 Å². The average molecular weight is 460 g/mol. The number of ether oxygens (including phenoxy) is 2. The number of carbonyl (C=O) groups is 2. The Balaban J connectivity index is 1.57. The number of carboxylic acids is 1. The molecule has 2 heterocycles. The Morgan fingerprint density at radius 3 is 2.41 bits per heavy atom. The van der Waals surface area contributed by atoms with Crippen molar-refractivity contribution in [2.24, 2.45) is 0 Å². The summed E-state index contributed by atoms with van der Waals surface area (Å²) in [4.78, 5) is 24.9. The Labute approximate surface area is 196 Å². The molecular weight excluding hydrogens is 434 g/mol. The van der Waals surface area contributed by atoms with Crippen LogP contribution in [0.15, 0.2) is 53.7 Å². The number of aromatic nitrogens is 2. The molecule has 0 saturated heterocycles. The first-order valence-electron chi connectivity index (χ1n) is 11.0. The topological polar surface area (TPSA) is 114 Å². The number of Topliss-reactive ketones (excluding diaryl/α,β-unsaturated/α-hetero) is 1. The van der Waals surface area contributed by atoms with Gasteiger partial charge in [-0.25, -0.2) is 4.79 Å². The highest BCUT2D eigenvalue weighted by atomic mass is 16.5. The van der Waals surface area contributed by atoms with Gasteiger partial charge >= 0.3 is 5.97 Å². The largest absolute Gasteiger partial charge is 0.493 e. The monoisotopic (exact) mass is 459 g/mol. The molecule has 2 aliphatic rings. The first kappa shape index (κ1) is 21.8. The van der Waals surface area contributed by atoms with Crippen molar-refractivity contribution in [3.05, 3.63) is 81.7 Å². The number of anilines is 1. The third kappa shape index (κ3) is 3.51. The zero-order valence-corrected chi connectivity index (χ0v) is 19.1. The maximum Gasteiger partial charge on any atom is 0.335 e. The molecule has 0 fully saturated rings. The number of hydrogen-bond donors (Lipinski definition) is 3. The van der Waals surface area contributed by atoms with Crippen molar-refractivity contribution in [3.63, 3.8) is 0 Å². The highest BCUT2D eigenvalue weighted by molar-refractivity contribution is 6.01. The SMILES string of the molecule is COc1ccc([C@@H]2CC(=O)C3=C(C2)Nc2n[nH]c(C)c2[C@@H]3c2ccc(C(=O)O)cc2)cc1OC. The number of H-pyrrole nitrogens is 1. The Bertz CT molecular complexity index is 1320. The molecule has 34 heavy (non-hydrogen) atoms. The van der Waals surface area contributed by atoms with Gasteiger partial charge < -0.3 is 19.9 Å². The van der Waals surface area contributed by atoms with Gasteiger partial charge in [0.25, 0.3) is 0 Å². The van der Waals surface area contributed by atoms with E-state index in [9.17, 15) is 14.7 Å². The van der Waals surface area contributed by atoms with Crippen molar-refractivity contribution < 1.29 is 24.2 Å². The Kier molecular flexibility index (Phi) is 5.36. The van der Waals surface area contributed by atoms with Gasteiger partial charge in [0.2, 0.25) is 0 Å². The van der Waals surface area contributed by atoms with E-state index in [2.05, 4.69) is 15.5 Å². The van der Waals surface area contributed by atoms with Gasteiger partial charge in [-0.1, -0.05) is 18.2 Å². The fourth-order valence-electron chi connectivity index (χ4n) is 5.05. The lowest BCUT2D eigenvalue weighted by molar-refractivity contribution is -0.116. The second-order valence-electron chi connectivity index (χ2n) is 8.63. The van der Waals surface area contributed by atoms with E-state index in [1.54, 1.807) is 38.5 Å². The van der Waals surface area contributed by atoms with Crippen LogP contribution >= 0.6 is 0 Å². The third-order valence-electron chi connectivity index (χ3n) is 6.72. The molecule has 174 valence electrons. The summed E-state index contributed by atoms with van der Waals surface area (Å²) in [6, 6.07) is 12.5. The molecule has 5 rings (SSSR count). The summed E-state index contributed by atoms with van der Waals surface area (Å²) in [6.07, 6.45) is 1.01. The van der Waals surface area contributed by atoms with Crippen molar-refractivity contribution in [1.29, 1.82) is 0 Å². The standard InChI is InChI=1S/C26H25N3O5/c1-13-22-23(14-4-6-15(7-5-14)26(31)32)24-18(27-25(22)29-28-13)10-17(11-19(24)30)16-8-9-20(33-2)21(12-16)34-3/h4-9,12,17,23H,10-11H2,1-3H3,(H,31,32)(H2,27,28,29)/t17-,23-/m0/s1. The molecule has 2 aromatic carbocycles. The molecule has 8 nitrogen and oxygen atoms in total. The van der Waals surface area contributed by atoms with Crippen LogP contribution in [-0.2, 0) is 4.79 Å². The van der Waals surface area contributed by atoms with Crippen LogP contribution in [0.25, 0.3) is 0 Å². The number of aromatic carboxylic acids is 1. The maximum absolute atomic E-state index is 13.6. The molecule has 0 unspecified atom stereocenters. The van der Waals surface area contributed by atoms with Gasteiger partial charge in [0.05, 0.1) is 19.8 Å². The second-order valence-corrected chi connectivity index (χ2v) is 8.63. The Hall–Kier alpha value is -4.07. The van der Waals surface area contributed by atoms with E-state index >= 15 is 0 Å². The molecule has 0 spiro atoms. The van der Waals surface area contributed by atoms with Gasteiger partial charge in [0.1, 0.15) is 0 Å². The minimum Gasteiger partial charge on any atom is -0.493 e. The zero-order valence-electron chi connectivity index (χ0n) is 19.1. The molecule has 1 aliphatic carbocycles. The fourth-order valence-corrected chi connectivity index (χ4v) is 5.05. The third-order valence-corrected chi connectivity index (χ3v) is 6.72. The van der Waals surface area contributed by atoms with Crippen LogP contribution < -0.4 is 14.8 Å². The van der Waals surface area contributed by atoms with Crippen LogP contribution in [0.3, 0.4) is 0 Å². The molecule has 3 N–H and O–H groups in total. The van der Waals surface area contributed by atoms with E-state index in [0.717, 1.165) is 33.7 Å². The number of aromatic amines is 1. The van der Waals surface area contributed by atoms with Crippen LogP contribution in [0, 0.1) is 6.92 Å². The molecule has 0 saturated carbocycles. The van der Waals surface area contributed by atoms with Crippen LogP contribution in [0.5, 0.6) is 11.5 Å². The van der Waals surface area contributed by atoms with E-state index < -0.39 is 5.97 Å². The Morgan fingerprint density at radius 1 is 1.03 bits per heavy atom. The predicted octanol–water partition coefficient (Wildman–Crippen LogP) is 4.39. The number of nitrogens with zero attached hydrogens (tertiary/aromatic N) is 1. The summed E-state index contributed by atoms with van der Waals surface area (Å²) in [7, 11) is 3.19. The quantitative estimate of drug-likeness (QED) is 0.518. The normalized spacial score (nSPS) is 19.2. The average Bonchev–Trinajstić information content (AvgIpc) is 3.22. The fraction of sp³-hybridized carbons (Fsp3) is 0.269. The van der Waals surface area contributed by atoms with Crippen LogP contribution in [0.1, 0.15) is 57.4 Å². The number of rotatable bonds is 5. The number of nitrogens with one attached hydrogen (secondary N) is 2. The first-order valence-corrected chi connectivity index (χ1v) is 11.0.